The first kappa shape index (κ1) is 17.8. The zero-order chi connectivity index (χ0) is 19.0. The molecule has 142 valence electrons. The summed E-state index contributed by atoms with van der Waals surface area (Å²) < 4.78 is 37.3. The minimum atomic E-state index is -4.29. The predicted octanol–water partition coefficient (Wildman–Crippen LogP) is 4.24. The van der Waals surface area contributed by atoms with Crippen LogP contribution in [0.2, 0.25) is 0 Å². The van der Waals surface area contributed by atoms with Crippen LogP contribution in [0.5, 0.6) is 0 Å². The molecule has 1 saturated heterocycles. The van der Waals surface area contributed by atoms with Gasteiger partial charge < -0.3 is 9.88 Å². The van der Waals surface area contributed by atoms with Crippen molar-refractivity contribution in [1.29, 1.82) is 0 Å². The van der Waals surface area contributed by atoms with E-state index >= 15 is 0 Å². The lowest BCUT2D eigenvalue weighted by Gasteiger charge is -2.34. The number of aromatic nitrogens is 3. The molecule has 0 aliphatic carbocycles. The van der Waals surface area contributed by atoms with Crippen molar-refractivity contribution >= 4 is 33.4 Å². The van der Waals surface area contributed by atoms with Crippen LogP contribution in [0.15, 0.2) is 30.7 Å². The van der Waals surface area contributed by atoms with E-state index in [2.05, 4.69) is 19.9 Å². The van der Waals surface area contributed by atoms with E-state index in [-0.39, 0.29) is 11.7 Å². The Morgan fingerprint density at radius 2 is 2.15 bits per heavy atom. The average molecular weight is 376 g/mol. The van der Waals surface area contributed by atoms with Crippen LogP contribution in [-0.2, 0) is 4.79 Å². The summed E-state index contributed by atoms with van der Waals surface area (Å²) in [5.41, 5.74) is 2.47. The van der Waals surface area contributed by atoms with E-state index < -0.39 is 19.0 Å². The summed E-state index contributed by atoms with van der Waals surface area (Å²) in [7, 11) is 0. The number of hydrogen-bond acceptors (Lipinski definition) is 4. The number of alkyl halides is 3. The smallest absolute Gasteiger partial charge is 0.370 e. The van der Waals surface area contributed by atoms with Crippen LogP contribution in [0.3, 0.4) is 0 Å². The number of rotatable bonds is 4. The quantitative estimate of drug-likeness (QED) is 0.740. The van der Waals surface area contributed by atoms with E-state index in [1.54, 1.807) is 12.4 Å². The SMILES string of the molecule is O=C(CCC(F)(F)F)C1CCCN(c2cc[nH]c3cnc4nccc4c23)C1. The van der Waals surface area contributed by atoms with Gasteiger partial charge in [-0.05, 0) is 25.0 Å². The molecule has 5 nitrogen and oxygen atoms in total. The lowest BCUT2D eigenvalue weighted by atomic mass is 9.91. The lowest BCUT2D eigenvalue weighted by molar-refractivity contribution is -0.144. The lowest BCUT2D eigenvalue weighted by Crippen LogP contribution is -2.39. The molecule has 0 bridgehead atoms. The maximum Gasteiger partial charge on any atom is 0.389 e. The Hall–Kier alpha value is -2.64. The van der Waals surface area contributed by atoms with Gasteiger partial charge in [-0.1, -0.05) is 0 Å². The Morgan fingerprint density at radius 3 is 2.96 bits per heavy atom. The van der Waals surface area contributed by atoms with Crippen LogP contribution in [0.25, 0.3) is 21.9 Å². The van der Waals surface area contributed by atoms with Crippen molar-refractivity contribution in [3.8, 4) is 0 Å². The molecule has 27 heavy (non-hydrogen) atoms. The van der Waals surface area contributed by atoms with Gasteiger partial charge in [0, 0.05) is 54.3 Å². The highest BCUT2D eigenvalue weighted by molar-refractivity contribution is 6.10. The fraction of sp³-hybridized carbons (Fsp3) is 0.421. The molecule has 4 rings (SSSR count). The summed E-state index contributed by atoms with van der Waals surface area (Å²) in [4.78, 5) is 26.1. The summed E-state index contributed by atoms with van der Waals surface area (Å²) in [6, 6.07) is 3.84. The van der Waals surface area contributed by atoms with Crippen molar-refractivity contribution in [2.75, 3.05) is 18.0 Å². The predicted molar refractivity (Wildman–Crippen MR) is 96.6 cm³/mol. The van der Waals surface area contributed by atoms with E-state index in [0.717, 1.165) is 34.9 Å². The Morgan fingerprint density at radius 1 is 1.30 bits per heavy atom. The van der Waals surface area contributed by atoms with Gasteiger partial charge in [0.2, 0.25) is 0 Å². The van der Waals surface area contributed by atoms with Gasteiger partial charge in [0.15, 0.2) is 5.65 Å². The number of nitrogens with one attached hydrogen (secondary N) is 1. The maximum absolute atomic E-state index is 12.4. The number of nitrogens with zero attached hydrogens (tertiary/aromatic N) is 3. The summed E-state index contributed by atoms with van der Waals surface area (Å²) >= 11 is 0. The van der Waals surface area contributed by atoms with E-state index in [4.69, 9.17) is 0 Å². The van der Waals surface area contributed by atoms with Gasteiger partial charge in [-0.25, -0.2) is 9.97 Å². The number of pyridine rings is 2. The number of anilines is 1. The number of aromatic amines is 1. The second-order valence-corrected chi connectivity index (χ2v) is 6.96. The molecule has 0 saturated carbocycles. The molecular formula is C19H19F3N4O. The number of carbonyl (C=O) groups is 1. The normalized spacial score (nSPS) is 18.3. The van der Waals surface area contributed by atoms with Crippen LogP contribution >= 0.6 is 0 Å². The van der Waals surface area contributed by atoms with E-state index in [1.807, 2.05) is 18.3 Å². The molecule has 1 fully saturated rings. The number of fused-ring (bicyclic) bond motifs is 3. The molecular weight excluding hydrogens is 357 g/mol. The number of halogens is 3. The Balaban J connectivity index is 1.62. The van der Waals surface area contributed by atoms with Crippen molar-refractivity contribution in [1.82, 2.24) is 15.0 Å². The Labute approximate surface area is 153 Å². The third-order valence-electron chi connectivity index (χ3n) is 5.14. The summed E-state index contributed by atoms with van der Waals surface area (Å²) in [6.07, 6.45) is 0.880. The zero-order valence-corrected chi connectivity index (χ0v) is 14.6. The molecule has 3 aromatic heterocycles. The fourth-order valence-electron chi connectivity index (χ4n) is 3.83. The van der Waals surface area contributed by atoms with Crippen molar-refractivity contribution in [3.05, 3.63) is 30.7 Å². The first-order valence-corrected chi connectivity index (χ1v) is 8.97. The van der Waals surface area contributed by atoms with Gasteiger partial charge >= 0.3 is 6.18 Å². The third kappa shape index (κ3) is 3.61. The molecule has 1 atom stereocenters. The summed E-state index contributed by atoms with van der Waals surface area (Å²) in [6.45, 7) is 1.20. The number of piperidine rings is 1. The van der Waals surface area contributed by atoms with Crippen LogP contribution in [0.4, 0.5) is 18.9 Å². The second kappa shape index (κ2) is 6.83. The highest BCUT2D eigenvalue weighted by Gasteiger charge is 2.32. The van der Waals surface area contributed by atoms with Crippen LogP contribution < -0.4 is 4.90 Å². The van der Waals surface area contributed by atoms with Crippen LogP contribution in [0.1, 0.15) is 25.7 Å². The molecule has 3 aromatic rings. The van der Waals surface area contributed by atoms with E-state index in [9.17, 15) is 18.0 Å². The number of H-pyrrole nitrogens is 1. The minimum Gasteiger partial charge on any atom is -0.370 e. The molecule has 0 aromatic carbocycles. The van der Waals surface area contributed by atoms with Gasteiger partial charge in [0.05, 0.1) is 18.1 Å². The van der Waals surface area contributed by atoms with Crippen molar-refractivity contribution in [3.63, 3.8) is 0 Å². The number of ketones is 1. The first-order valence-electron chi connectivity index (χ1n) is 8.97. The summed E-state index contributed by atoms with van der Waals surface area (Å²) in [5.74, 6) is -0.666. The Kier molecular flexibility index (Phi) is 4.49. The number of carbonyl (C=O) groups excluding carboxylic acids is 1. The standard InChI is InChI=1S/C19H19F3N4O/c20-19(21,22)6-3-16(27)12-2-1-9-26(11-12)15-5-8-23-14-10-25-18-13(17(14)15)4-7-24-18/h4-5,7-8,10,12,23H,1-3,6,9,11H2. The molecule has 1 unspecified atom stereocenters. The maximum atomic E-state index is 12.4. The molecule has 8 heteroatoms. The van der Waals surface area contributed by atoms with Crippen molar-refractivity contribution < 1.29 is 18.0 Å². The van der Waals surface area contributed by atoms with Gasteiger partial charge in [-0.2, -0.15) is 13.2 Å². The van der Waals surface area contributed by atoms with Gasteiger partial charge in [0.1, 0.15) is 5.78 Å². The molecule has 1 aliphatic heterocycles. The first-order chi connectivity index (χ1) is 12.9. The molecule has 1 N–H and O–H groups in total. The van der Waals surface area contributed by atoms with Crippen molar-refractivity contribution in [2.45, 2.75) is 31.9 Å². The topological polar surface area (TPSA) is 61.9 Å². The third-order valence-corrected chi connectivity index (χ3v) is 5.14. The number of hydrogen-bond donors (Lipinski definition) is 1. The fourth-order valence-corrected chi connectivity index (χ4v) is 3.83. The minimum absolute atomic E-state index is 0.300. The van der Waals surface area contributed by atoms with E-state index in [1.165, 1.54) is 0 Å². The highest BCUT2D eigenvalue weighted by Crippen LogP contribution is 2.34. The number of Topliss-reactive ketones (excluding diaryl/α,β-unsaturated/α-hetero) is 1. The largest absolute Gasteiger partial charge is 0.389 e. The molecule has 0 spiro atoms. The van der Waals surface area contributed by atoms with Crippen LogP contribution in [-0.4, -0.2) is 40.0 Å². The highest BCUT2D eigenvalue weighted by atomic mass is 19.4. The molecule has 0 radical (unpaired) electrons. The van der Waals surface area contributed by atoms with E-state index in [0.29, 0.717) is 18.6 Å². The van der Waals surface area contributed by atoms with Crippen molar-refractivity contribution in [2.24, 2.45) is 5.92 Å². The summed E-state index contributed by atoms with van der Waals surface area (Å²) in [5, 5.41) is 1.90. The Bertz CT molecular complexity index is 982. The second-order valence-electron chi connectivity index (χ2n) is 6.96. The monoisotopic (exact) mass is 376 g/mol. The van der Waals surface area contributed by atoms with Gasteiger partial charge in [0.25, 0.3) is 0 Å². The molecule has 1 aliphatic rings. The average Bonchev–Trinajstić information content (AvgIpc) is 3.14. The molecule has 4 heterocycles. The zero-order valence-electron chi connectivity index (χ0n) is 14.6. The molecule has 0 amide bonds. The van der Waals surface area contributed by atoms with Gasteiger partial charge in [-0.3, -0.25) is 4.79 Å². The van der Waals surface area contributed by atoms with Gasteiger partial charge in [-0.15, -0.1) is 0 Å². The van der Waals surface area contributed by atoms with Crippen LogP contribution in [0, 0.1) is 5.92 Å².